The first kappa shape index (κ1) is 11.1. The Hall–Kier alpha value is -1.02. The van der Waals surface area contributed by atoms with Crippen LogP contribution >= 0.6 is 0 Å². The molecule has 0 saturated carbocycles. The lowest BCUT2D eigenvalue weighted by Gasteiger charge is -2.07. The van der Waals surface area contributed by atoms with Crippen molar-refractivity contribution in [2.75, 3.05) is 12.3 Å². The lowest BCUT2D eigenvalue weighted by Crippen LogP contribution is -2.04. The predicted molar refractivity (Wildman–Crippen MR) is 60.3 cm³/mol. The Kier molecular flexibility index (Phi) is 4.47. The maximum Gasteiger partial charge on any atom is 0.0518 e. The molecule has 0 bridgehead atoms. The number of benzene rings is 1. The van der Waals surface area contributed by atoms with Crippen molar-refractivity contribution in [2.45, 2.75) is 32.8 Å². The van der Waals surface area contributed by atoms with Gasteiger partial charge in [0.1, 0.15) is 0 Å². The minimum absolute atomic E-state index is 0.329. The molecule has 2 nitrogen and oxygen atoms in total. The van der Waals surface area contributed by atoms with Gasteiger partial charge in [-0.25, -0.2) is 0 Å². The Balaban J connectivity index is 2.25. The van der Waals surface area contributed by atoms with Crippen LogP contribution < -0.4 is 5.73 Å². The van der Waals surface area contributed by atoms with Gasteiger partial charge in [0.25, 0.3) is 0 Å². The number of hydrogen-bond donors (Lipinski definition) is 1. The summed E-state index contributed by atoms with van der Waals surface area (Å²) < 4.78 is 5.46. The van der Waals surface area contributed by atoms with E-state index in [9.17, 15) is 0 Å². The van der Waals surface area contributed by atoms with Crippen molar-refractivity contribution in [1.29, 1.82) is 0 Å². The number of anilines is 1. The van der Waals surface area contributed by atoms with Gasteiger partial charge in [0.2, 0.25) is 0 Å². The summed E-state index contributed by atoms with van der Waals surface area (Å²) in [6, 6.07) is 8.03. The van der Waals surface area contributed by atoms with E-state index in [2.05, 4.69) is 19.9 Å². The van der Waals surface area contributed by atoms with Crippen molar-refractivity contribution >= 4 is 5.69 Å². The van der Waals surface area contributed by atoms with Crippen molar-refractivity contribution in [3.05, 3.63) is 29.8 Å². The van der Waals surface area contributed by atoms with Crippen LogP contribution in [0, 0.1) is 0 Å². The molecule has 2 heteroatoms. The van der Waals surface area contributed by atoms with Gasteiger partial charge >= 0.3 is 0 Å². The van der Waals surface area contributed by atoms with Crippen LogP contribution in [0.1, 0.15) is 25.8 Å². The monoisotopic (exact) mass is 193 g/mol. The van der Waals surface area contributed by atoms with Gasteiger partial charge in [0, 0.05) is 12.3 Å². The highest BCUT2D eigenvalue weighted by molar-refractivity contribution is 5.40. The van der Waals surface area contributed by atoms with Crippen molar-refractivity contribution < 1.29 is 4.74 Å². The summed E-state index contributed by atoms with van der Waals surface area (Å²) in [6.45, 7) is 4.94. The van der Waals surface area contributed by atoms with E-state index in [0.29, 0.717) is 6.10 Å². The van der Waals surface area contributed by atoms with E-state index in [1.165, 1.54) is 5.56 Å². The van der Waals surface area contributed by atoms with E-state index in [1.54, 1.807) is 0 Å². The average molecular weight is 193 g/mol. The molecule has 0 aliphatic rings. The van der Waals surface area contributed by atoms with E-state index >= 15 is 0 Å². The first-order chi connectivity index (χ1) is 6.68. The molecule has 0 aliphatic carbocycles. The van der Waals surface area contributed by atoms with Gasteiger partial charge in [0.05, 0.1) is 6.10 Å². The molecule has 0 aliphatic heterocycles. The quantitative estimate of drug-likeness (QED) is 0.576. The largest absolute Gasteiger partial charge is 0.399 e. The third-order valence-corrected chi connectivity index (χ3v) is 2.01. The third kappa shape index (κ3) is 4.28. The van der Waals surface area contributed by atoms with E-state index in [0.717, 1.165) is 25.1 Å². The van der Waals surface area contributed by atoms with Gasteiger partial charge in [-0.3, -0.25) is 0 Å². The van der Waals surface area contributed by atoms with E-state index < -0.39 is 0 Å². The first-order valence-corrected chi connectivity index (χ1v) is 5.14. The summed E-state index contributed by atoms with van der Waals surface area (Å²) in [5.74, 6) is 0. The first-order valence-electron chi connectivity index (χ1n) is 5.14. The summed E-state index contributed by atoms with van der Waals surface area (Å²) in [5.41, 5.74) is 7.81. The maximum absolute atomic E-state index is 5.68. The fourth-order valence-electron chi connectivity index (χ4n) is 1.34. The lowest BCUT2D eigenvalue weighted by molar-refractivity contribution is 0.0772. The number of ether oxygens (including phenoxy) is 1. The SMILES string of the molecule is CC(C)OCCCc1cccc(N)c1. The number of hydrogen-bond acceptors (Lipinski definition) is 2. The Bertz CT molecular complexity index is 271. The molecule has 0 heterocycles. The Labute approximate surface area is 86.1 Å². The smallest absolute Gasteiger partial charge is 0.0518 e. The third-order valence-electron chi connectivity index (χ3n) is 2.01. The number of aryl methyl sites for hydroxylation is 1. The summed E-state index contributed by atoms with van der Waals surface area (Å²) in [5, 5.41) is 0. The van der Waals surface area contributed by atoms with Crippen molar-refractivity contribution in [3.63, 3.8) is 0 Å². The Morgan fingerprint density at radius 1 is 1.36 bits per heavy atom. The molecule has 1 rings (SSSR count). The molecule has 0 aromatic heterocycles. The van der Waals surface area contributed by atoms with Gasteiger partial charge in [-0.1, -0.05) is 12.1 Å². The lowest BCUT2D eigenvalue weighted by atomic mass is 10.1. The van der Waals surface area contributed by atoms with Crippen LogP contribution in [-0.2, 0) is 11.2 Å². The topological polar surface area (TPSA) is 35.2 Å². The van der Waals surface area contributed by atoms with Crippen LogP contribution in [0.25, 0.3) is 0 Å². The van der Waals surface area contributed by atoms with Crippen molar-refractivity contribution in [3.8, 4) is 0 Å². The van der Waals surface area contributed by atoms with Gasteiger partial charge in [-0.05, 0) is 44.4 Å². The van der Waals surface area contributed by atoms with E-state index in [-0.39, 0.29) is 0 Å². The zero-order valence-corrected chi connectivity index (χ0v) is 8.99. The summed E-state index contributed by atoms with van der Waals surface area (Å²) in [4.78, 5) is 0. The second-order valence-electron chi connectivity index (χ2n) is 3.77. The molecular weight excluding hydrogens is 174 g/mol. The highest BCUT2D eigenvalue weighted by Gasteiger charge is 1.96. The Morgan fingerprint density at radius 2 is 2.14 bits per heavy atom. The fraction of sp³-hybridized carbons (Fsp3) is 0.500. The van der Waals surface area contributed by atoms with Crippen LogP contribution in [0.2, 0.25) is 0 Å². The molecule has 0 fully saturated rings. The average Bonchev–Trinajstić information content (AvgIpc) is 2.12. The molecular formula is C12H19NO. The summed E-state index contributed by atoms with van der Waals surface area (Å²) in [7, 11) is 0. The highest BCUT2D eigenvalue weighted by Crippen LogP contribution is 2.08. The van der Waals surface area contributed by atoms with Gasteiger partial charge < -0.3 is 10.5 Å². The molecule has 78 valence electrons. The second kappa shape index (κ2) is 5.66. The summed E-state index contributed by atoms with van der Waals surface area (Å²) >= 11 is 0. The fourth-order valence-corrected chi connectivity index (χ4v) is 1.34. The molecule has 14 heavy (non-hydrogen) atoms. The molecule has 0 radical (unpaired) electrons. The Morgan fingerprint density at radius 3 is 2.79 bits per heavy atom. The van der Waals surface area contributed by atoms with Gasteiger partial charge in [0.15, 0.2) is 0 Å². The number of nitrogens with two attached hydrogens (primary N) is 1. The van der Waals surface area contributed by atoms with Crippen LogP contribution in [0.3, 0.4) is 0 Å². The van der Waals surface area contributed by atoms with Crippen molar-refractivity contribution in [1.82, 2.24) is 0 Å². The zero-order valence-electron chi connectivity index (χ0n) is 8.99. The molecule has 1 aromatic carbocycles. The molecule has 0 spiro atoms. The minimum Gasteiger partial charge on any atom is -0.399 e. The molecule has 0 amide bonds. The van der Waals surface area contributed by atoms with Gasteiger partial charge in [-0.15, -0.1) is 0 Å². The number of rotatable bonds is 5. The van der Waals surface area contributed by atoms with E-state index in [4.69, 9.17) is 10.5 Å². The molecule has 0 saturated heterocycles. The summed E-state index contributed by atoms with van der Waals surface area (Å²) in [6.07, 6.45) is 2.43. The van der Waals surface area contributed by atoms with E-state index in [1.807, 2.05) is 18.2 Å². The molecule has 1 aromatic rings. The molecule has 0 unspecified atom stereocenters. The standard InChI is InChI=1S/C12H19NO/c1-10(2)14-8-4-6-11-5-3-7-12(13)9-11/h3,5,7,9-10H,4,6,8,13H2,1-2H3. The van der Waals surface area contributed by atoms with Crippen LogP contribution in [0.15, 0.2) is 24.3 Å². The number of nitrogen functional groups attached to an aromatic ring is 1. The normalized spacial score (nSPS) is 10.8. The van der Waals surface area contributed by atoms with Crippen LogP contribution in [0.4, 0.5) is 5.69 Å². The van der Waals surface area contributed by atoms with Crippen LogP contribution in [0.5, 0.6) is 0 Å². The molecule has 2 N–H and O–H groups in total. The molecule has 0 atom stereocenters. The maximum atomic E-state index is 5.68. The van der Waals surface area contributed by atoms with Crippen LogP contribution in [-0.4, -0.2) is 12.7 Å². The van der Waals surface area contributed by atoms with Crippen molar-refractivity contribution in [2.24, 2.45) is 0 Å². The highest BCUT2D eigenvalue weighted by atomic mass is 16.5. The minimum atomic E-state index is 0.329. The van der Waals surface area contributed by atoms with Gasteiger partial charge in [-0.2, -0.15) is 0 Å². The second-order valence-corrected chi connectivity index (χ2v) is 3.77. The predicted octanol–water partition coefficient (Wildman–Crippen LogP) is 2.63. The zero-order chi connectivity index (χ0) is 10.4.